The lowest BCUT2D eigenvalue weighted by molar-refractivity contribution is -0.121. The Balaban J connectivity index is 2.10. The van der Waals surface area contributed by atoms with E-state index in [1.165, 1.54) is 31.4 Å². The average Bonchev–Trinajstić information content (AvgIpc) is 2.71. The Morgan fingerprint density at radius 2 is 1.72 bits per heavy atom. The van der Waals surface area contributed by atoms with E-state index in [2.05, 4.69) is 5.32 Å². The number of halogens is 1. The third kappa shape index (κ3) is 5.62. The van der Waals surface area contributed by atoms with Gasteiger partial charge in [-0.2, -0.15) is 4.31 Å². The summed E-state index contributed by atoms with van der Waals surface area (Å²) in [6, 6.07) is 10.8. The minimum atomic E-state index is -3.81. The minimum Gasteiger partial charge on any atom is -0.493 e. The molecule has 0 spiro atoms. The van der Waals surface area contributed by atoms with Gasteiger partial charge in [0, 0.05) is 11.6 Å². The second-order valence-corrected chi connectivity index (χ2v) is 8.66. The molecule has 0 saturated carbocycles. The van der Waals surface area contributed by atoms with Gasteiger partial charge >= 0.3 is 0 Å². The van der Waals surface area contributed by atoms with Crippen molar-refractivity contribution in [2.24, 2.45) is 0 Å². The van der Waals surface area contributed by atoms with E-state index in [0.717, 1.165) is 9.87 Å². The molecule has 0 aliphatic heterocycles. The molecule has 29 heavy (non-hydrogen) atoms. The van der Waals surface area contributed by atoms with Crippen LogP contribution in [0.15, 0.2) is 47.4 Å². The van der Waals surface area contributed by atoms with E-state index in [9.17, 15) is 13.2 Å². The topological polar surface area (TPSA) is 84.9 Å². The first-order valence-corrected chi connectivity index (χ1v) is 10.8. The summed E-state index contributed by atoms with van der Waals surface area (Å²) in [5, 5.41) is 3.26. The van der Waals surface area contributed by atoms with E-state index >= 15 is 0 Å². The van der Waals surface area contributed by atoms with Crippen molar-refractivity contribution in [2.75, 3.05) is 27.3 Å². The van der Waals surface area contributed by atoms with Gasteiger partial charge in [0.15, 0.2) is 11.5 Å². The summed E-state index contributed by atoms with van der Waals surface area (Å²) in [5.74, 6) is 0.722. The van der Waals surface area contributed by atoms with Gasteiger partial charge in [0.05, 0.1) is 31.7 Å². The molecule has 9 heteroatoms. The Hall–Kier alpha value is -2.29. The van der Waals surface area contributed by atoms with Crippen LogP contribution in [-0.4, -0.2) is 45.9 Å². The first kappa shape index (κ1) is 23.0. The number of ether oxygens (including phenoxy) is 2. The van der Waals surface area contributed by atoms with E-state index in [4.69, 9.17) is 21.1 Å². The number of hydrogen-bond donors (Lipinski definition) is 1. The molecule has 0 radical (unpaired) electrons. The largest absolute Gasteiger partial charge is 0.493 e. The Morgan fingerprint density at radius 1 is 1.10 bits per heavy atom. The highest BCUT2D eigenvalue weighted by molar-refractivity contribution is 7.89. The lowest BCUT2D eigenvalue weighted by atomic mass is 10.1. The van der Waals surface area contributed by atoms with Crippen LogP contribution in [0, 0.1) is 0 Å². The van der Waals surface area contributed by atoms with E-state index < -0.39 is 15.9 Å². The van der Waals surface area contributed by atoms with Gasteiger partial charge in [0.1, 0.15) is 0 Å². The maximum absolute atomic E-state index is 12.8. The second kappa shape index (κ2) is 9.96. The molecule has 0 aliphatic carbocycles. The van der Waals surface area contributed by atoms with Crippen molar-refractivity contribution in [2.45, 2.75) is 24.8 Å². The van der Waals surface area contributed by atoms with Crippen LogP contribution in [0.4, 0.5) is 0 Å². The summed E-state index contributed by atoms with van der Waals surface area (Å²) in [5.41, 5.74) is 0.805. The smallest absolute Gasteiger partial charge is 0.243 e. The minimum absolute atomic E-state index is 0.0875. The van der Waals surface area contributed by atoms with Crippen molar-refractivity contribution >= 4 is 27.5 Å². The summed E-state index contributed by atoms with van der Waals surface area (Å²) in [7, 11) is -0.728. The molecule has 1 atom stereocenters. The van der Waals surface area contributed by atoms with Gasteiger partial charge in [-0.15, -0.1) is 0 Å². The molecule has 0 unspecified atom stereocenters. The second-order valence-electron chi connectivity index (χ2n) is 6.29. The monoisotopic (exact) mass is 440 g/mol. The van der Waals surface area contributed by atoms with Crippen molar-refractivity contribution in [3.05, 3.63) is 53.1 Å². The number of amides is 1. The van der Waals surface area contributed by atoms with Gasteiger partial charge in [-0.25, -0.2) is 8.42 Å². The Kier molecular flexibility index (Phi) is 7.89. The molecule has 0 fully saturated rings. The zero-order chi connectivity index (χ0) is 21.6. The van der Waals surface area contributed by atoms with Crippen LogP contribution in [0.2, 0.25) is 5.02 Å². The number of carbonyl (C=O) groups is 1. The first-order valence-electron chi connectivity index (χ1n) is 9.00. The quantitative estimate of drug-likeness (QED) is 0.647. The standard InChI is InChI=1S/C20H25ClN2O5S/c1-5-23(29(25,26)17-9-7-16(21)8-10-17)13-20(24)22-14(2)15-6-11-18(27-3)19(12-15)28-4/h6-12,14H,5,13H2,1-4H3,(H,22,24)/t14-/m1/s1. The molecule has 1 N–H and O–H groups in total. The molecule has 0 bridgehead atoms. The lowest BCUT2D eigenvalue weighted by Crippen LogP contribution is -2.41. The number of nitrogens with one attached hydrogen (secondary N) is 1. The SMILES string of the molecule is CCN(CC(=O)N[C@H](C)c1ccc(OC)c(OC)c1)S(=O)(=O)c1ccc(Cl)cc1. The Morgan fingerprint density at radius 3 is 2.28 bits per heavy atom. The summed E-state index contributed by atoms with van der Waals surface area (Å²) in [6.07, 6.45) is 0. The van der Waals surface area contributed by atoms with Crippen LogP contribution in [-0.2, 0) is 14.8 Å². The van der Waals surface area contributed by atoms with Gasteiger partial charge in [0.2, 0.25) is 15.9 Å². The summed E-state index contributed by atoms with van der Waals surface area (Å²) in [4.78, 5) is 12.6. The van der Waals surface area contributed by atoms with Gasteiger partial charge in [-0.1, -0.05) is 24.6 Å². The predicted molar refractivity (Wildman–Crippen MR) is 112 cm³/mol. The molecule has 7 nitrogen and oxygen atoms in total. The van der Waals surface area contributed by atoms with Crippen LogP contribution >= 0.6 is 11.6 Å². The van der Waals surface area contributed by atoms with Gasteiger partial charge in [-0.3, -0.25) is 4.79 Å². The molecule has 158 valence electrons. The van der Waals surface area contributed by atoms with Crippen molar-refractivity contribution in [1.29, 1.82) is 0 Å². The molecular weight excluding hydrogens is 416 g/mol. The number of sulfonamides is 1. The first-order chi connectivity index (χ1) is 13.7. The number of rotatable bonds is 9. The molecule has 0 aliphatic rings. The fraction of sp³-hybridized carbons (Fsp3) is 0.350. The maximum atomic E-state index is 12.8. The van der Waals surface area contributed by atoms with Crippen molar-refractivity contribution in [3.63, 3.8) is 0 Å². The Labute approximate surface area is 176 Å². The molecule has 2 rings (SSSR count). The van der Waals surface area contributed by atoms with Crippen LogP contribution in [0.3, 0.4) is 0 Å². The van der Waals surface area contributed by atoms with E-state index in [1.54, 1.807) is 26.2 Å². The third-order valence-corrected chi connectivity index (χ3v) is 6.60. The van der Waals surface area contributed by atoms with Crippen LogP contribution < -0.4 is 14.8 Å². The maximum Gasteiger partial charge on any atom is 0.243 e. The van der Waals surface area contributed by atoms with E-state index in [0.29, 0.717) is 16.5 Å². The number of likely N-dealkylation sites (N-methyl/N-ethyl adjacent to an activating group) is 1. The summed E-state index contributed by atoms with van der Waals surface area (Å²) >= 11 is 5.83. The third-order valence-electron chi connectivity index (χ3n) is 4.41. The summed E-state index contributed by atoms with van der Waals surface area (Å²) < 4.78 is 37.2. The number of hydrogen-bond acceptors (Lipinski definition) is 5. The lowest BCUT2D eigenvalue weighted by Gasteiger charge is -2.22. The highest BCUT2D eigenvalue weighted by Gasteiger charge is 2.26. The molecule has 2 aromatic carbocycles. The van der Waals surface area contributed by atoms with Crippen molar-refractivity contribution in [3.8, 4) is 11.5 Å². The van der Waals surface area contributed by atoms with Crippen LogP contribution in [0.1, 0.15) is 25.5 Å². The zero-order valence-corrected chi connectivity index (χ0v) is 18.4. The predicted octanol–water partition coefficient (Wildman–Crippen LogP) is 3.25. The van der Waals surface area contributed by atoms with Crippen molar-refractivity contribution in [1.82, 2.24) is 9.62 Å². The zero-order valence-electron chi connectivity index (χ0n) is 16.8. The van der Waals surface area contributed by atoms with Crippen molar-refractivity contribution < 1.29 is 22.7 Å². The van der Waals surface area contributed by atoms with E-state index in [-0.39, 0.29) is 24.0 Å². The Bertz CT molecular complexity index is 948. The van der Waals surface area contributed by atoms with Crippen LogP contribution in [0.5, 0.6) is 11.5 Å². The fourth-order valence-corrected chi connectivity index (χ4v) is 4.31. The van der Waals surface area contributed by atoms with Gasteiger partial charge in [-0.05, 0) is 48.9 Å². The fourth-order valence-electron chi connectivity index (χ4n) is 2.78. The normalized spacial score (nSPS) is 12.5. The molecule has 0 aromatic heterocycles. The van der Waals surface area contributed by atoms with Crippen LogP contribution in [0.25, 0.3) is 0 Å². The van der Waals surface area contributed by atoms with E-state index in [1.807, 2.05) is 13.0 Å². The highest BCUT2D eigenvalue weighted by atomic mass is 35.5. The number of carbonyl (C=O) groups excluding carboxylic acids is 1. The summed E-state index contributed by atoms with van der Waals surface area (Å²) in [6.45, 7) is 3.35. The number of nitrogens with zero attached hydrogens (tertiary/aromatic N) is 1. The molecular formula is C20H25ClN2O5S. The van der Waals surface area contributed by atoms with Gasteiger partial charge < -0.3 is 14.8 Å². The van der Waals surface area contributed by atoms with Gasteiger partial charge in [0.25, 0.3) is 0 Å². The number of methoxy groups -OCH3 is 2. The number of benzene rings is 2. The average molecular weight is 441 g/mol. The molecule has 0 heterocycles. The molecule has 0 saturated heterocycles. The highest BCUT2D eigenvalue weighted by Crippen LogP contribution is 2.29. The molecule has 1 amide bonds. The molecule has 2 aromatic rings.